The molecule has 0 aromatic carbocycles. The van der Waals surface area contributed by atoms with E-state index in [0.717, 1.165) is 37.2 Å². The molecule has 0 aromatic heterocycles. The lowest BCUT2D eigenvalue weighted by molar-refractivity contribution is 0.557. The predicted octanol–water partition coefficient (Wildman–Crippen LogP) is 1.08. The molecule has 0 bridgehead atoms. The molecular formula is C10H16N4. The molecule has 0 amide bonds. The van der Waals surface area contributed by atoms with E-state index in [4.69, 9.17) is 5.26 Å². The van der Waals surface area contributed by atoms with Gasteiger partial charge in [-0.25, -0.2) is 0 Å². The largest absolute Gasteiger partial charge is 0.383 e. The zero-order chi connectivity index (χ0) is 10.4. The third-order valence-corrected chi connectivity index (χ3v) is 2.02. The summed E-state index contributed by atoms with van der Waals surface area (Å²) < 4.78 is 0. The second-order valence-corrected chi connectivity index (χ2v) is 3.54. The quantitative estimate of drug-likeness (QED) is 0.499. The SMILES string of the molecule is CN(C)/C=C1/CCCCN=C1NC#N. The van der Waals surface area contributed by atoms with Crippen LogP contribution >= 0.6 is 0 Å². The molecule has 0 aliphatic carbocycles. The number of nitrogens with one attached hydrogen (secondary N) is 1. The molecule has 0 fully saturated rings. The van der Waals surface area contributed by atoms with Gasteiger partial charge in [0.15, 0.2) is 6.19 Å². The number of nitriles is 1. The molecule has 4 heteroatoms. The number of aliphatic imine (C=N–C) groups is 1. The molecular weight excluding hydrogens is 176 g/mol. The molecule has 0 saturated heterocycles. The first-order valence-corrected chi connectivity index (χ1v) is 4.81. The lowest BCUT2D eigenvalue weighted by Gasteiger charge is -2.11. The summed E-state index contributed by atoms with van der Waals surface area (Å²) >= 11 is 0. The van der Waals surface area contributed by atoms with E-state index in [1.54, 1.807) is 0 Å². The summed E-state index contributed by atoms with van der Waals surface area (Å²) in [6, 6.07) is 0. The molecule has 0 atom stereocenters. The predicted molar refractivity (Wildman–Crippen MR) is 56.7 cm³/mol. The molecule has 1 aliphatic rings. The average molecular weight is 192 g/mol. The highest BCUT2D eigenvalue weighted by molar-refractivity contribution is 5.99. The van der Waals surface area contributed by atoms with Crippen LogP contribution in [0.1, 0.15) is 19.3 Å². The summed E-state index contributed by atoms with van der Waals surface area (Å²) in [5, 5.41) is 11.2. The molecule has 4 nitrogen and oxygen atoms in total. The number of hydrogen-bond acceptors (Lipinski definition) is 4. The molecule has 0 saturated carbocycles. The van der Waals surface area contributed by atoms with Crippen LogP contribution in [0.25, 0.3) is 0 Å². The maximum atomic E-state index is 8.58. The van der Waals surface area contributed by atoms with Crippen LogP contribution < -0.4 is 5.32 Å². The van der Waals surface area contributed by atoms with E-state index in [-0.39, 0.29) is 0 Å². The van der Waals surface area contributed by atoms with Crippen LogP contribution in [0.5, 0.6) is 0 Å². The van der Waals surface area contributed by atoms with Gasteiger partial charge < -0.3 is 4.90 Å². The van der Waals surface area contributed by atoms with Crippen molar-refractivity contribution in [3.05, 3.63) is 11.8 Å². The Morgan fingerprint density at radius 1 is 1.50 bits per heavy atom. The van der Waals surface area contributed by atoms with Crippen molar-refractivity contribution in [2.75, 3.05) is 20.6 Å². The minimum absolute atomic E-state index is 0.735. The first kappa shape index (κ1) is 10.6. The molecule has 0 spiro atoms. The first-order chi connectivity index (χ1) is 6.74. The van der Waals surface area contributed by atoms with Crippen LogP contribution in [0.4, 0.5) is 0 Å². The van der Waals surface area contributed by atoms with Crippen LogP contribution in [0.2, 0.25) is 0 Å². The van der Waals surface area contributed by atoms with Crippen LogP contribution in [0.3, 0.4) is 0 Å². The van der Waals surface area contributed by atoms with Crippen molar-refractivity contribution in [2.45, 2.75) is 19.3 Å². The van der Waals surface area contributed by atoms with E-state index < -0.39 is 0 Å². The highest BCUT2D eigenvalue weighted by atomic mass is 15.0. The van der Waals surface area contributed by atoms with Crippen LogP contribution in [-0.2, 0) is 0 Å². The van der Waals surface area contributed by atoms with Crippen LogP contribution in [0, 0.1) is 11.5 Å². The van der Waals surface area contributed by atoms with Crippen molar-refractivity contribution >= 4 is 5.84 Å². The second kappa shape index (κ2) is 5.28. The van der Waals surface area contributed by atoms with Crippen LogP contribution in [0.15, 0.2) is 16.8 Å². The third-order valence-electron chi connectivity index (χ3n) is 2.02. The van der Waals surface area contributed by atoms with Gasteiger partial charge in [-0.3, -0.25) is 10.3 Å². The highest BCUT2D eigenvalue weighted by Crippen LogP contribution is 2.13. The monoisotopic (exact) mass is 192 g/mol. The molecule has 0 radical (unpaired) electrons. The Balaban J connectivity index is 2.82. The minimum Gasteiger partial charge on any atom is -0.383 e. The van der Waals surface area contributed by atoms with Crippen molar-refractivity contribution in [1.82, 2.24) is 10.2 Å². The Bertz CT molecular complexity index is 283. The van der Waals surface area contributed by atoms with E-state index in [1.807, 2.05) is 31.4 Å². The summed E-state index contributed by atoms with van der Waals surface area (Å²) in [7, 11) is 3.95. The molecule has 76 valence electrons. The lowest BCUT2D eigenvalue weighted by Crippen LogP contribution is -2.21. The van der Waals surface area contributed by atoms with Gasteiger partial charge in [0.1, 0.15) is 5.84 Å². The fourth-order valence-electron chi connectivity index (χ4n) is 1.45. The molecule has 1 rings (SSSR count). The summed E-state index contributed by atoms with van der Waals surface area (Å²) in [6.07, 6.45) is 7.18. The first-order valence-electron chi connectivity index (χ1n) is 4.81. The maximum absolute atomic E-state index is 8.58. The van der Waals surface area contributed by atoms with Gasteiger partial charge in [-0.15, -0.1) is 0 Å². The smallest absolute Gasteiger partial charge is 0.182 e. The van der Waals surface area contributed by atoms with E-state index in [9.17, 15) is 0 Å². The van der Waals surface area contributed by atoms with E-state index in [0.29, 0.717) is 0 Å². The second-order valence-electron chi connectivity index (χ2n) is 3.54. The molecule has 1 aliphatic heterocycles. The molecule has 0 aromatic rings. The van der Waals surface area contributed by atoms with E-state index in [1.165, 1.54) is 0 Å². The van der Waals surface area contributed by atoms with Gasteiger partial charge in [-0.1, -0.05) is 0 Å². The summed E-state index contributed by atoms with van der Waals surface area (Å²) in [5.74, 6) is 0.735. The number of nitrogens with zero attached hydrogens (tertiary/aromatic N) is 3. The van der Waals surface area contributed by atoms with Crippen molar-refractivity contribution in [2.24, 2.45) is 4.99 Å². The zero-order valence-electron chi connectivity index (χ0n) is 8.75. The fraction of sp³-hybridized carbons (Fsp3) is 0.600. The van der Waals surface area contributed by atoms with E-state index >= 15 is 0 Å². The Morgan fingerprint density at radius 3 is 2.93 bits per heavy atom. The Kier molecular flexibility index (Phi) is 3.99. The van der Waals surface area contributed by atoms with E-state index in [2.05, 4.69) is 10.3 Å². The van der Waals surface area contributed by atoms with Crippen molar-refractivity contribution in [3.63, 3.8) is 0 Å². The molecule has 1 heterocycles. The van der Waals surface area contributed by atoms with Gasteiger partial charge in [0.05, 0.1) is 0 Å². The van der Waals surface area contributed by atoms with Crippen molar-refractivity contribution in [1.29, 1.82) is 5.26 Å². The standard InChI is InChI=1S/C10H16N4/c1-14(2)7-9-5-3-4-6-12-10(9)13-8-11/h7H,3-6H2,1-2H3,(H,12,13)/b9-7-. The summed E-state index contributed by atoms with van der Waals surface area (Å²) in [4.78, 5) is 6.32. The Hall–Kier alpha value is -1.50. The average Bonchev–Trinajstić information content (AvgIpc) is 2.32. The fourth-order valence-corrected chi connectivity index (χ4v) is 1.45. The Morgan fingerprint density at radius 2 is 2.29 bits per heavy atom. The van der Waals surface area contributed by atoms with Crippen molar-refractivity contribution in [3.8, 4) is 6.19 Å². The molecule has 1 N–H and O–H groups in total. The summed E-state index contributed by atoms with van der Waals surface area (Å²) in [5.41, 5.74) is 1.12. The lowest BCUT2D eigenvalue weighted by atomic mass is 10.1. The minimum atomic E-state index is 0.735. The zero-order valence-corrected chi connectivity index (χ0v) is 8.75. The van der Waals surface area contributed by atoms with Gasteiger partial charge in [-0.2, -0.15) is 5.26 Å². The van der Waals surface area contributed by atoms with Crippen molar-refractivity contribution < 1.29 is 0 Å². The molecule has 14 heavy (non-hydrogen) atoms. The number of rotatable bonds is 1. The maximum Gasteiger partial charge on any atom is 0.182 e. The third kappa shape index (κ3) is 3.09. The highest BCUT2D eigenvalue weighted by Gasteiger charge is 2.10. The van der Waals surface area contributed by atoms with Gasteiger partial charge in [0.25, 0.3) is 0 Å². The summed E-state index contributed by atoms with van der Waals surface area (Å²) in [6.45, 7) is 0.814. The number of hydrogen-bond donors (Lipinski definition) is 1. The van der Waals surface area contributed by atoms with Gasteiger partial charge >= 0.3 is 0 Å². The van der Waals surface area contributed by atoms with Gasteiger partial charge in [-0.05, 0) is 19.3 Å². The van der Waals surface area contributed by atoms with Crippen LogP contribution in [-0.4, -0.2) is 31.4 Å². The Labute approximate surface area is 84.9 Å². The number of amidine groups is 1. The normalized spacial score (nSPS) is 19.5. The van der Waals surface area contributed by atoms with Gasteiger partial charge in [0, 0.05) is 32.4 Å². The van der Waals surface area contributed by atoms with Gasteiger partial charge in [0.2, 0.25) is 0 Å². The molecule has 0 unspecified atom stereocenters. The topological polar surface area (TPSA) is 51.4 Å².